The van der Waals surface area contributed by atoms with Crippen molar-refractivity contribution in [3.63, 3.8) is 0 Å². The molecular weight excluding hydrogens is 288 g/mol. The standard InChI is InChI=1S/C24H15/c1-2-7-20-15-21(13-9-17(20)5-1)22-14-12-19-11-10-18-6-3-4-8-23(18)24(19)16-22/h1-8,10-16H. The summed E-state index contributed by atoms with van der Waals surface area (Å²) < 4.78 is 0. The van der Waals surface area contributed by atoms with Gasteiger partial charge in [0.25, 0.3) is 0 Å². The Labute approximate surface area is 141 Å². The topological polar surface area (TPSA) is 0 Å². The molecule has 0 aromatic heterocycles. The molecule has 0 saturated carbocycles. The first-order chi connectivity index (χ1) is 11.9. The van der Waals surface area contributed by atoms with E-state index in [9.17, 15) is 0 Å². The van der Waals surface area contributed by atoms with Gasteiger partial charge in [-0.05, 0) is 67.7 Å². The Morgan fingerprint density at radius 3 is 2.12 bits per heavy atom. The van der Waals surface area contributed by atoms with Crippen LogP contribution >= 0.6 is 0 Å². The maximum absolute atomic E-state index is 3.40. The van der Waals surface area contributed by atoms with E-state index in [1.807, 2.05) is 0 Å². The van der Waals surface area contributed by atoms with Crippen LogP contribution in [0, 0.1) is 6.07 Å². The Hall–Kier alpha value is -3.12. The third kappa shape index (κ3) is 2.08. The van der Waals surface area contributed by atoms with Crippen LogP contribution in [0.25, 0.3) is 43.4 Å². The average Bonchev–Trinajstić information content (AvgIpc) is 2.67. The number of fused-ring (bicyclic) bond motifs is 4. The summed E-state index contributed by atoms with van der Waals surface area (Å²) in [7, 11) is 0. The molecule has 0 amide bonds. The summed E-state index contributed by atoms with van der Waals surface area (Å²) in [4.78, 5) is 0. The van der Waals surface area contributed by atoms with Crippen molar-refractivity contribution in [3.05, 3.63) is 97.1 Å². The van der Waals surface area contributed by atoms with Crippen molar-refractivity contribution in [3.8, 4) is 11.1 Å². The molecule has 0 heterocycles. The van der Waals surface area contributed by atoms with Crippen LogP contribution < -0.4 is 0 Å². The zero-order valence-corrected chi connectivity index (χ0v) is 13.2. The summed E-state index contributed by atoms with van der Waals surface area (Å²) in [5.74, 6) is 0. The fraction of sp³-hybridized carbons (Fsp3) is 0. The van der Waals surface area contributed by atoms with E-state index < -0.39 is 0 Å². The summed E-state index contributed by atoms with van der Waals surface area (Å²) in [6.45, 7) is 0. The molecule has 0 aliphatic rings. The van der Waals surface area contributed by atoms with Crippen molar-refractivity contribution in [1.82, 2.24) is 0 Å². The van der Waals surface area contributed by atoms with Crippen molar-refractivity contribution >= 4 is 32.3 Å². The van der Waals surface area contributed by atoms with E-state index in [1.165, 1.54) is 38.1 Å². The smallest absolute Gasteiger partial charge is 0.00928 e. The van der Waals surface area contributed by atoms with Crippen LogP contribution in [-0.2, 0) is 0 Å². The van der Waals surface area contributed by atoms with Gasteiger partial charge in [-0.15, -0.1) is 0 Å². The van der Waals surface area contributed by atoms with Crippen molar-refractivity contribution < 1.29 is 0 Å². The molecule has 5 rings (SSSR count). The Bertz CT molecular complexity index is 1200. The maximum atomic E-state index is 3.40. The van der Waals surface area contributed by atoms with E-state index in [1.54, 1.807) is 0 Å². The maximum Gasteiger partial charge on any atom is -0.00928 e. The van der Waals surface area contributed by atoms with Gasteiger partial charge in [0.2, 0.25) is 0 Å². The molecule has 0 spiro atoms. The zero-order valence-electron chi connectivity index (χ0n) is 13.2. The molecule has 0 aliphatic heterocycles. The highest BCUT2D eigenvalue weighted by Gasteiger charge is 2.04. The minimum atomic E-state index is 1.16. The summed E-state index contributed by atoms with van der Waals surface area (Å²) >= 11 is 0. The third-order valence-electron chi connectivity index (χ3n) is 4.74. The molecule has 5 aromatic carbocycles. The molecule has 0 atom stereocenters. The van der Waals surface area contributed by atoms with Crippen LogP contribution in [0.5, 0.6) is 0 Å². The average molecular weight is 303 g/mol. The fourth-order valence-corrected chi connectivity index (χ4v) is 3.47. The molecule has 1 radical (unpaired) electrons. The van der Waals surface area contributed by atoms with Crippen LogP contribution in [0.3, 0.4) is 0 Å². The molecule has 0 aliphatic carbocycles. The van der Waals surface area contributed by atoms with Gasteiger partial charge in [-0.3, -0.25) is 0 Å². The van der Waals surface area contributed by atoms with Crippen molar-refractivity contribution in [2.24, 2.45) is 0 Å². The summed E-state index contributed by atoms with van der Waals surface area (Å²) in [5, 5.41) is 7.57. The highest BCUT2D eigenvalue weighted by molar-refractivity contribution is 6.08. The van der Waals surface area contributed by atoms with Crippen molar-refractivity contribution in [2.75, 3.05) is 0 Å². The first-order valence-corrected chi connectivity index (χ1v) is 8.21. The van der Waals surface area contributed by atoms with Gasteiger partial charge in [-0.1, -0.05) is 72.8 Å². The molecule has 0 unspecified atom stereocenters. The van der Waals surface area contributed by atoms with E-state index in [-0.39, 0.29) is 0 Å². The lowest BCUT2D eigenvalue weighted by Crippen LogP contribution is -1.82. The van der Waals surface area contributed by atoms with Gasteiger partial charge in [0.1, 0.15) is 0 Å². The monoisotopic (exact) mass is 303 g/mol. The van der Waals surface area contributed by atoms with Crippen molar-refractivity contribution in [1.29, 1.82) is 0 Å². The zero-order chi connectivity index (χ0) is 15.9. The SMILES string of the molecule is [c]1cc(-c2ccc3ccc4ccccc4c3c2)cc2ccccc12. The lowest BCUT2D eigenvalue weighted by atomic mass is 9.96. The molecule has 0 bridgehead atoms. The Balaban J connectivity index is 1.77. The lowest BCUT2D eigenvalue weighted by Gasteiger charge is -2.08. The number of benzene rings is 5. The largest absolute Gasteiger partial charge is 0.0616 e. The number of hydrogen-bond acceptors (Lipinski definition) is 0. The molecule has 24 heavy (non-hydrogen) atoms. The Kier molecular flexibility index (Phi) is 2.89. The highest BCUT2D eigenvalue weighted by Crippen LogP contribution is 2.31. The van der Waals surface area contributed by atoms with Crippen LogP contribution in [0.1, 0.15) is 0 Å². The van der Waals surface area contributed by atoms with Crippen LogP contribution in [0.15, 0.2) is 91.0 Å². The van der Waals surface area contributed by atoms with Gasteiger partial charge < -0.3 is 0 Å². The summed E-state index contributed by atoms with van der Waals surface area (Å²) in [6, 6.07) is 35.8. The predicted octanol–water partition coefficient (Wildman–Crippen LogP) is 6.61. The number of rotatable bonds is 1. The van der Waals surface area contributed by atoms with Crippen LogP contribution in [0.2, 0.25) is 0 Å². The molecule has 0 fully saturated rings. The van der Waals surface area contributed by atoms with E-state index in [4.69, 9.17) is 0 Å². The van der Waals surface area contributed by atoms with Crippen LogP contribution in [0.4, 0.5) is 0 Å². The number of hydrogen-bond donors (Lipinski definition) is 0. The second kappa shape index (κ2) is 5.21. The fourth-order valence-electron chi connectivity index (χ4n) is 3.47. The Morgan fingerprint density at radius 2 is 1.21 bits per heavy atom. The first-order valence-electron chi connectivity index (χ1n) is 8.21. The lowest BCUT2D eigenvalue weighted by molar-refractivity contribution is 1.67. The summed E-state index contributed by atoms with van der Waals surface area (Å²) in [5.41, 5.74) is 2.45. The van der Waals surface area contributed by atoms with Gasteiger partial charge in [-0.2, -0.15) is 0 Å². The third-order valence-corrected chi connectivity index (χ3v) is 4.74. The molecule has 0 nitrogen and oxygen atoms in total. The second-order valence-corrected chi connectivity index (χ2v) is 6.20. The highest BCUT2D eigenvalue weighted by atomic mass is 14.1. The molecule has 111 valence electrons. The molecular formula is C24H15. The van der Waals surface area contributed by atoms with Gasteiger partial charge >= 0.3 is 0 Å². The molecule has 0 saturated heterocycles. The van der Waals surface area contributed by atoms with Crippen LogP contribution in [-0.4, -0.2) is 0 Å². The van der Waals surface area contributed by atoms with Gasteiger partial charge in [0.15, 0.2) is 0 Å². The van der Waals surface area contributed by atoms with E-state index >= 15 is 0 Å². The van der Waals surface area contributed by atoms with Crippen molar-refractivity contribution in [2.45, 2.75) is 0 Å². The molecule has 0 N–H and O–H groups in total. The molecule has 5 aromatic rings. The summed E-state index contributed by atoms with van der Waals surface area (Å²) in [6.07, 6.45) is 0. The normalized spacial score (nSPS) is 11.3. The first kappa shape index (κ1) is 13.3. The minimum absolute atomic E-state index is 1.16. The van der Waals surface area contributed by atoms with E-state index in [2.05, 4.69) is 97.1 Å². The van der Waals surface area contributed by atoms with Gasteiger partial charge in [0, 0.05) is 0 Å². The molecule has 0 heteroatoms. The van der Waals surface area contributed by atoms with Gasteiger partial charge in [0.05, 0.1) is 0 Å². The van der Waals surface area contributed by atoms with Gasteiger partial charge in [-0.25, -0.2) is 0 Å². The van der Waals surface area contributed by atoms with E-state index in [0.717, 1.165) is 5.39 Å². The quantitative estimate of drug-likeness (QED) is 0.305. The predicted molar refractivity (Wildman–Crippen MR) is 103 cm³/mol. The van der Waals surface area contributed by atoms with E-state index in [0.29, 0.717) is 0 Å². The second-order valence-electron chi connectivity index (χ2n) is 6.20. The Morgan fingerprint density at radius 1 is 0.500 bits per heavy atom. The minimum Gasteiger partial charge on any atom is -0.0616 e.